The maximum Gasteiger partial charge on any atom is 0.347 e. The summed E-state index contributed by atoms with van der Waals surface area (Å²) in [5.74, 6) is -4.28. The van der Waals surface area contributed by atoms with Gasteiger partial charge in [-0.2, -0.15) is 0 Å². The first-order chi connectivity index (χ1) is 17.3. The van der Waals surface area contributed by atoms with Crippen LogP contribution in [-0.2, 0) is 38.1 Å². The molecule has 0 radical (unpaired) electrons. The summed E-state index contributed by atoms with van der Waals surface area (Å²) >= 11 is 0. The number of ether oxygens (including phenoxy) is 4. The third-order valence-electron chi connectivity index (χ3n) is 10.3. The van der Waals surface area contributed by atoms with E-state index in [2.05, 4.69) is 0 Å². The van der Waals surface area contributed by atoms with Crippen LogP contribution in [-0.4, -0.2) is 58.8 Å². The molecule has 10 heteroatoms. The number of furan rings is 1. The first-order valence-electron chi connectivity index (χ1n) is 12.8. The summed E-state index contributed by atoms with van der Waals surface area (Å²) in [6.45, 7) is 8.61. The Bertz CT molecular complexity index is 1200. The highest BCUT2D eigenvalue weighted by atomic mass is 16.6. The van der Waals surface area contributed by atoms with E-state index in [4.69, 9.17) is 23.4 Å². The van der Waals surface area contributed by atoms with Crippen LogP contribution < -0.4 is 0 Å². The van der Waals surface area contributed by atoms with Gasteiger partial charge in [0.15, 0.2) is 0 Å². The second kappa shape index (κ2) is 7.22. The topological polar surface area (TPSA) is 139 Å². The van der Waals surface area contributed by atoms with Crippen LogP contribution in [0.1, 0.15) is 65.5 Å². The molecule has 9 atom stereocenters. The Kier molecular flexibility index (Phi) is 4.81. The monoisotopic (exact) mass is 516 g/mol. The zero-order chi connectivity index (χ0) is 26.8. The van der Waals surface area contributed by atoms with Gasteiger partial charge in [0.05, 0.1) is 37.6 Å². The number of esters is 3. The molecule has 0 aromatic carbocycles. The number of carbonyl (C=O) groups excluding carboxylic acids is 4. The van der Waals surface area contributed by atoms with E-state index in [-0.39, 0.29) is 25.2 Å². The van der Waals surface area contributed by atoms with Gasteiger partial charge in [-0.3, -0.25) is 14.4 Å². The number of fused-ring (bicyclic) bond motifs is 4. The van der Waals surface area contributed by atoms with Crippen LogP contribution in [0.5, 0.6) is 0 Å². The van der Waals surface area contributed by atoms with Crippen molar-refractivity contribution >= 4 is 23.7 Å². The summed E-state index contributed by atoms with van der Waals surface area (Å²) in [7, 11) is 0. The third-order valence-corrected chi connectivity index (χ3v) is 10.3. The second-order valence-corrected chi connectivity index (χ2v) is 12.2. The molecule has 10 nitrogen and oxygen atoms in total. The number of ketones is 1. The summed E-state index contributed by atoms with van der Waals surface area (Å²) in [6.07, 6.45) is 0.120. The quantitative estimate of drug-likeness (QED) is 0.470. The molecule has 6 rings (SSSR count). The number of hydrogen-bond acceptors (Lipinski definition) is 10. The Labute approximate surface area is 213 Å². The molecule has 3 saturated heterocycles. The van der Waals surface area contributed by atoms with Crippen molar-refractivity contribution in [3.05, 3.63) is 24.2 Å². The Morgan fingerprint density at radius 1 is 1.14 bits per heavy atom. The summed E-state index contributed by atoms with van der Waals surface area (Å²) in [5, 5.41) is 12.5. The van der Waals surface area contributed by atoms with Crippen LogP contribution in [0.25, 0.3) is 0 Å². The smallest absolute Gasteiger partial charge is 0.347 e. The Hall–Kier alpha value is -2.72. The summed E-state index contributed by atoms with van der Waals surface area (Å²) in [6, 6.07) is 1.70. The predicted octanol–water partition coefficient (Wildman–Crippen LogP) is 2.27. The van der Waals surface area contributed by atoms with Gasteiger partial charge in [-0.15, -0.1) is 0 Å². The minimum absolute atomic E-state index is 0.0893. The van der Waals surface area contributed by atoms with E-state index in [1.807, 2.05) is 6.92 Å². The fourth-order valence-electron chi connectivity index (χ4n) is 8.59. The van der Waals surface area contributed by atoms with Crippen LogP contribution in [0.4, 0.5) is 0 Å². The fraction of sp³-hybridized carbons (Fsp3) is 0.704. The molecule has 200 valence electrons. The van der Waals surface area contributed by atoms with Crippen molar-refractivity contribution in [2.45, 2.75) is 83.4 Å². The maximum atomic E-state index is 14.3. The standard InChI is InChI=1S/C27H32O10/c1-6-34-21(30)16-17-23(2,3)18(29)15-20(25(17,5)22(31)36-16)37-27-11-14(28)35-19(13-7-10-33-12-13)24(27,4)8-9-26(15,27)32/h7,10,12,15-17,19-20,32H,6,8-9,11H2,1-5H3/t15-,16+,17-,19-,20-,24-,25+,26-,27+/m0/s1. The van der Waals surface area contributed by atoms with Crippen LogP contribution in [0.15, 0.2) is 23.0 Å². The van der Waals surface area contributed by atoms with E-state index in [1.54, 1.807) is 33.8 Å². The zero-order valence-corrected chi connectivity index (χ0v) is 21.6. The van der Waals surface area contributed by atoms with Crippen molar-refractivity contribution in [1.82, 2.24) is 0 Å². The number of cyclic esters (lactones) is 2. The number of Topliss-reactive ketones (excluding diaryl/α,β-unsaturated/α-hetero) is 1. The van der Waals surface area contributed by atoms with E-state index in [0.717, 1.165) is 0 Å². The van der Waals surface area contributed by atoms with Gasteiger partial charge < -0.3 is 28.5 Å². The van der Waals surface area contributed by atoms with Gasteiger partial charge >= 0.3 is 17.9 Å². The molecule has 0 amide bonds. The molecule has 2 saturated carbocycles. The van der Waals surface area contributed by atoms with E-state index < -0.39 is 75.5 Å². The van der Waals surface area contributed by atoms with Crippen LogP contribution in [0, 0.1) is 28.1 Å². The molecule has 1 aromatic heterocycles. The number of rotatable bonds is 3. The minimum atomic E-state index is -1.74. The molecule has 37 heavy (non-hydrogen) atoms. The lowest BCUT2D eigenvalue weighted by molar-refractivity contribution is -0.246. The maximum absolute atomic E-state index is 14.3. The van der Waals surface area contributed by atoms with Crippen molar-refractivity contribution in [3.63, 3.8) is 0 Å². The molecule has 5 aliphatic rings. The molecule has 1 spiro atoms. The largest absolute Gasteiger partial charge is 0.472 e. The first kappa shape index (κ1) is 24.6. The van der Waals surface area contributed by atoms with Crippen molar-refractivity contribution in [2.75, 3.05) is 6.61 Å². The van der Waals surface area contributed by atoms with Crippen molar-refractivity contribution in [3.8, 4) is 0 Å². The van der Waals surface area contributed by atoms with E-state index in [9.17, 15) is 24.3 Å². The molecular weight excluding hydrogens is 484 g/mol. The highest BCUT2D eigenvalue weighted by Gasteiger charge is 2.86. The van der Waals surface area contributed by atoms with Gasteiger partial charge in [0, 0.05) is 22.3 Å². The van der Waals surface area contributed by atoms with Crippen LogP contribution in [0.2, 0.25) is 0 Å². The fourth-order valence-corrected chi connectivity index (χ4v) is 8.59. The van der Waals surface area contributed by atoms with Gasteiger partial charge in [-0.25, -0.2) is 4.79 Å². The summed E-state index contributed by atoms with van der Waals surface area (Å²) in [4.78, 5) is 53.7. The average molecular weight is 517 g/mol. The minimum Gasteiger partial charge on any atom is -0.472 e. The number of carbonyl (C=O) groups is 4. The highest BCUT2D eigenvalue weighted by molar-refractivity contribution is 5.98. The molecule has 1 N–H and O–H groups in total. The zero-order valence-electron chi connectivity index (χ0n) is 21.6. The molecular formula is C27H32O10. The van der Waals surface area contributed by atoms with Gasteiger partial charge in [0.25, 0.3) is 0 Å². The molecule has 0 unspecified atom stereocenters. The Morgan fingerprint density at radius 3 is 2.51 bits per heavy atom. The van der Waals surface area contributed by atoms with Crippen molar-refractivity contribution in [2.24, 2.45) is 28.1 Å². The molecule has 2 aliphatic carbocycles. The number of hydrogen-bond donors (Lipinski definition) is 1. The molecule has 1 aromatic rings. The van der Waals surface area contributed by atoms with Gasteiger partial charge in [-0.05, 0) is 32.8 Å². The van der Waals surface area contributed by atoms with Crippen molar-refractivity contribution < 1.29 is 47.6 Å². The molecule has 0 bridgehead atoms. The summed E-state index contributed by atoms with van der Waals surface area (Å²) < 4.78 is 28.6. The van der Waals surface area contributed by atoms with Crippen LogP contribution in [0.3, 0.4) is 0 Å². The van der Waals surface area contributed by atoms with E-state index in [0.29, 0.717) is 12.0 Å². The lowest BCUT2D eigenvalue weighted by atomic mass is 9.48. The number of aliphatic hydroxyl groups is 1. The second-order valence-electron chi connectivity index (χ2n) is 12.2. The first-order valence-corrected chi connectivity index (χ1v) is 12.8. The van der Waals surface area contributed by atoms with Crippen molar-refractivity contribution in [1.29, 1.82) is 0 Å². The predicted molar refractivity (Wildman–Crippen MR) is 122 cm³/mol. The molecule has 5 fully saturated rings. The lowest BCUT2D eigenvalue weighted by Gasteiger charge is -2.52. The van der Waals surface area contributed by atoms with Gasteiger partial charge in [0.2, 0.25) is 6.10 Å². The lowest BCUT2D eigenvalue weighted by Crippen LogP contribution is -2.66. The molecule has 3 aliphatic heterocycles. The average Bonchev–Trinajstić information content (AvgIpc) is 3.55. The van der Waals surface area contributed by atoms with E-state index >= 15 is 0 Å². The Morgan fingerprint density at radius 2 is 1.86 bits per heavy atom. The Balaban J connectivity index is 1.52. The summed E-state index contributed by atoms with van der Waals surface area (Å²) in [5.41, 5.74) is -6.21. The van der Waals surface area contributed by atoms with Crippen LogP contribution >= 0.6 is 0 Å². The third kappa shape index (κ3) is 2.58. The molecule has 4 heterocycles. The highest BCUT2D eigenvalue weighted by Crippen LogP contribution is 2.74. The van der Waals surface area contributed by atoms with Gasteiger partial charge in [-0.1, -0.05) is 20.8 Å². The van der Waals surface area contributed by atoms with Gasteiger partial charge in [0.1, 0.15) is 28.5 Å². The SMILES string of the molecule is CCOC(=O)[C@@H]1OC(=O)[C@@]2(C)[C@H]3O[C@]45CC(=O)O[C@@H](c6ccoc6)[C@]4(C)CC[C@]5(O)[C@H]3C(=O)C(C)(C)[C@H]12. The normalized spacial score (nSPS) is 47.4. The van der Waals surface area contributed by atoms with E-state index in [1.165, 1.54) is 12.5 Å².